The summed E-state index contributed by atoms with van der Waals surface area (Å²) < 4.78 is 5.45. The number of benzene rings is 1. The minimum Gasteiger partial charge on any atom is -0.386 e. The molecule has 0 aliphatic carbocycles. The highest BCUT2D eigenvalue weighted by atomic mass is 16.5. The summed E-state index contributed by atoms with van der Waals surface area (Å²) in [7, 11) is 0. The molecule has 0 amide bonds. The van der Waals surface area contributed by atoms with E-state index < -0.39 is 5.60 Å². The predicted octanol–water partition coefficient (Wildman–Crippen LogP) is 1.92. The van der Waals surface area contributed by atoms with Crippen LogP contribution in [0.3, 0.4) is 0 Å². The molecule has 1 aromatic rings. The van der Waals surface area contributed by atoms with Gasteiger partial charge < -0.3 is 20.1 Å². The Balaban J connectivity index is 1.49. The first-order valence-electron chi connectivity index (χ1n) is 8.06. The fourth-order valence-electron chi connectivity index (χ4n) is 3.23. The smallest absolute Gasteiger partial charge is 0.105 e. The van der Waals surface area contributed by atoms with E-state index in [2.05, 4.69) is 34.5 Å². The van der Waals surface area contributed by atoms with Crippen LogP contribution in [0.15, 0.2) is 24.3 Å². The Kier molecular flexibility index (Phi) is 4.48. The molecule has 2 N–H and O–H groups in total. The molecule has 2 unspecified atom stereocenters. The third-order valence-electron chi connectivity index (χ3n) is 4.83. The SMILES string of the molecule is CC1OCCC1(O)CNCc1ccc(N2CCCC2)cc1. The van der Waals surface area contributed by atoms with Gasteiger partial charge in [-0.1, -0.05) is 12.1 Å². The van der Waals surface area contributed by atoms with Crippen molar-refractivity contribution in [1.29, 1.82) is 0 Å². The topological polar surface area (TPSA) is 44.7 Å². The van der Waals surface area contributed by atoms with Gasteiger partial charge in [0, 0.05) is 44.9 Å². The van der Waals surface area contributed by atoms with Gasteiger partial charge in [-0.2, -0.15) is 0 Å². The number of anilines is 1. The maximum absolute atomic E-state index is 10.4. The standard InChI is InChI=1S/C17H26N2O2/c1-14-17(20,8-11-21-14)13-18-12-15-4-6-16(7-5-15)19-9-2-3-10-19/h4-7,14,18,20H,2-3,8-13H2,1H3. The molecule has 2 atom stereocenters. The number of nitrogens with zero attached hydrogens (tertiary/aromatic N) is 1. The Labute approximate surface area is 127 Å². The van der Waals surface area contributed by atoms with Crippen molar-refractivity contribution < 1.29 is 9.84 Å². The van der Waals surface area contributed by atoms with Gasteiger partial charge in [0.2, 0.25) is 0 Å². The molecule has 0 aromatic heterocycles. The van der Waals surface area contributed by atoms with Crippen molar-refractivity contribution in [2.24, 2.45) is 0 Å². The van der Waals surface area contributed by atoms with Crippen LogP contribution in [0.25, 0.3) is 0 Å². The third kappa shape index (κ3) is 3.39. The Morgan fingerprint density at radius 2 is 2.00 bits per heavy atom. The normalized spacial score (nSPS) is 29.2. The van der Waals surface area contributed by atoms with Crippen LogP contribution in [0.5, 0.6) is 0 Å². The second kappa shape index (κ2) is 6.34. The highest BCUT2D eigenvalue weighted by Crippen LogP contribution is 2.25. The second-order valence-corrected chi connectivity index (χ2v) is 6.33. The number of ether oxygens (including phenoxy) is 1. The van der Waals surface area contributed by atoms with Gasteiger partial charge in [0.05, 0.1) is 6.10 Å². The summed E-state index contributed by atoms with van der Waals surface area (Å²) >= 11 is 0. The van der Waals surface area contributed by atoms with Crippen molar-refractivity contribution in [3.63, 3.8) is 0 Å². The molecule has 4 heteroatoms. The molecule has 2 aliphatic rings. The molecule has 0 radical (unpaired) electrons. The van der Waals surface area contributed by atoms with Crippen molar-refractivity contribution in [3.05, 3.63) is 29.8 Å². The van der Waals surface area contributed by atoms with Crippen molar-refractivity contribution >= 4 is 5.69 Å². The predicted molar refractivity (Wildman–Crippen MR) is 84.6 cm³/mol. The molecule has 2 fully saturated rings. The lowest BCUT2D eigenvalue weighted by molar-refractivity contribution is -0.0262. The fraction of sp³-hybridized carbons (Fsp3) is 0.647. The molecule has 2 aliphatic heterocycles. The minimum atomic E-state index is -0.713. The first-order valence-corrected chi connectivity index (χ1v) is 8.06. The van der Waals surface area contributed by atoms with Crippen LogP contribution in [0.4, 0.5) is 5.69 Å². The quantitative estimate of drug-likeness (QED) is 0.869. The van der Waals surface area contributed by atoms with E-state index in [1.54, 1.807) is 0 Å². The van der Waals surface area contributed by atoms with E-state index in [1.807, 2.05) is 6.92 Å². The van der Waals surface area contributed by atoms with Gasteiger partial charge in [0.25, 0.3) is 0 Å². The van der Waals surface area contributed by atoms with Gasteiger partial charge >= 0.3 is 0 Å². The minimum absolute atomic E-state index is 0.0810. The number of nitrogens with one attached hydrogen (secondary N) is 1. The fourth-order valence-corrected chi connectivity index (χ4v) is 3.23. The largest absolute Gasteiger partial charge is 0.386 e. The first-order chi connectivity index (χ1) is 10.2. The molecule has 0 bridgehead atoms. The van der Waals surface area contributed by atoms with Crippen LogP contribution in [0.2, 0.25) is 0 Å². The van der Waals surface area contributed by atoms with Gasteiger partial charge in [-0.3, -0.25) is 0 Å². The maximum Gasteiger partial charge on any atom is 0.105 e. The Morgan fingerprint density at radius 3 is 2.62 bits per heavy atom. The molecule has 3 rings (SSSR count). The first kappa shape index (κ1) is 14.8. The monoisotopic (exact) mass is 290 g/mol. The second-order valence-electron chi connectivity index (χ2n) is 6.33. The molecule has 2 saturated heterocycles. The summed E-state index contributed by atoms with van der Waals surface area (Å²) in [6, 6.07) is 8.77. The number of hydrogen-bond acceptors (Lipinski definition) is 4. The van der Waals surface area contributed by atoms with Crippen molar-refractivity contribution in [2.75, 3.05) is 31.1 Å². The number of rotatable bonds is 5. The van der Waals surface area contributed by atoms with Crippen LogP contribution in [0, 0.1) is 0 Å². The summed E-state index contributed by atoms with van der Waals surface area (Å²) in [6.45, 7) is 6.34. The zero-order chi connectivity index (χ0) is 14.7. The van der Waals surface area contributed by atoms with Crippen LogP contribution in [-0.2, 0) is 11.3 Å². The zero-order valence-electron chi connectivity index (χ0n) is 12.8. The zero-order valence-corrected chi connectivity index (χ0v) is 12.8. The van der Waals surface area contributed by atoms with E-state index >= 15 is 0 Å². The average molecular weight is 290 g/mol. The highest BCUT2D eigenvalue weighted by molar-refractivity contribution is 5.48. The van der Waals surface area contributed by atoms with E-state index in [-0.39, 0.29) is 6.10 Å². The number of aliphatic hydroxyl groups is 1. The summed E-state index contributed by atoms with van der Waals surface area (Å²) in [5, 5.41) is 13.8. The van der Waals surface area contributed by atoms with E-state index in [4.69, 9.17) is 4.74 Å². The van der Waals surface area contributed by atoms with Gasteiger partial charge in [0.1, 0.15) is 5.60 Å². The Bertz CT molecular complexity index is 456. The Hall–Kier alpha value is -1.10. The van der Waals surface area contributed by atoms with Gasteiger partial charge in [-0.25, -0.2) is 0 Å². The molecule has 21 heavy (non-hydrogen) atoms. The van der Waals surface area contributed by atoms with Crippen molar-refractivity contribution in [2.45, 2.75) is 44.4 Å². The van der Waals surface area contributed by atoms with Crippen LogP contribution < -0.4 is 10.2 Å². The Morgan fingerprint density at radius 1 is 1.29 bits per heavy atom. The highest BCUT2D eigenvalue weighted by Gasteiger charge is 2.38. The molecular formula is C17H26N2O2. The van der Waals surface area contributed by atoms with Gasteiger partial charge in [-0.05, 0) is 37.5 Å². The van der Waals surface area contributed by atoms with Crippen molar-refractivity contribution in [1.82, 2.24) is 5.32 Å². The van der Waals surface area contributed by atoms with E-state index in [0.717, 1.165) is 13.0 Å². The molecule has 0 saturated carbocycles. The average Bonchev–Trinajstić information content (AvgIpc) is 3.12. The van der Waals surface area contributed by atoms with E-state index in [9.17, 15) is 5.11 Å². The lowest BCUT2D eigenvalue weighted by atomic mass is 9.96. The third-order valence-corrected chi connectivity index (χ3v) is 4.83. The summed E-state index contributed by atoms with van der Waals surface area (Å²) in [4.78, 5) is 2.44. The lowest BCUT2D eigenvalue weighted by Gasteiger charge is -2.26. The molecule has 4 nitrogen and oxygen atoms in total. The van der Waals surface area contributed by atoms with Crippen LogP contribution in [0.1, 0.15) is 31.7 Å². The molecular weight excluding hydrogens is 264 g/mol. The number of hydrogen-bond donors (Lipinski definition) is 2. The van der Waals surface area contributed by atoms with Gasteiger partial charge in [0.15, 0.2) is 0 Å². The van der Waals surface area contributed by atoms with Crippen LogP contribution in [-0.4, -0.2) is 43.1 Å². The van der Waals surface area contributed by atoms with Crippen LogP contribution >= 0.6 is 0 Å². The van der Waals surface area contributed by atoms with E-state index in [1.165, 1.54) is 37.2 Å². The van der Waals surface area contributed by atoms with Gasteiger partial charge in [-0.15, -0.1) is 0 Å². The molecule has 0 spiro atoms. The van der Waals surface area contributed by atoms with Crippen molar-refractivity contribution in [3.8, 4) is 0 Å². The van der Waals surface area contributed by atoms with E-state index in [0.29, 0.717) is 13.2 Å². The summed E-state index contributed by atoms with van der Waals surface area (Å²) in [5.74, 6) is 0. The molecule has 1 aromatic carbocycles. The maximum atomic E-state index is 10.4. The summed E-state index contributed by atoms with van der Waals surface area (Å²) in [6.07, 6.45) is 3.25. The lowest BCUT2D eigenvalue weighted by Crippen LogP contribution is -2.45. The molecule has 116 valence electrons. The molecule has 2 heterocycles. The summed E-state index contributed by atoms with van der Waals surface area (Å²) in [5.41, 5.74) is 1.87.